The zero-order valence-corrected chi connectivity index (χ0v) is 13.5. The first kappa shape index (κ1) is 13.5. The van der Waals surface area contributed by atoms with Gasteiger partial charge >= 0.3 is 0 Å². The van der Waals surface area contributed by atoms with Crippen LogP contribution in [0.2, 0.25) is 0 Å². The molecule has 0 saturated carbocycles. The van der Waals surface area contributed by atoms with Crippen LogP contribution in [0.4, 0.5) is 5.82 Å². The number of fused-ring (bicyclic) bond motifs is 3. The second-order valence-electron chi connectivity index (χ2n) is 6.23. The number of rotatable bonds is 2. The Labute approximate surface area is 138 Å². The molecule has 0 aliphatic carbocycles. The zero-order chi connectivity index (χ0) is 15.2. The summed E-state index contributed by atoms with van der Waals surface area (Å²) in [6.45, 7) is 1.88. The van der Waals surface area contributed by atoms with Crippen molar-refractivity contribution in [2.45, 2.75) is 25.0 Å². The minimum atomic E-state index is 0.360. The highest BCUT2D eigenvalue weighted by Crippen LogP contribution is 2.35. The van der Waals surface area contributed by atoms with Gasteiger partial charge in [0.05, 0.1) is 22.4 Å². The van der Waals surface area contributed by atoms with E-state index in [1.807, 2.05) is 18.2 Å². The molecule has 0 radical (unpaired) electrons. The van der Waals surface area contributed by atoms with Gasteiger partial charge in [-0.2, -0.15) is 0 Å². The summed E-state index contributed by atoms with van der Waals surface area (Å²) in [7, 11) is 0. The van der Waals surface area contributed by atoms with Crippen molar-refractivity contribution in [3.63, 3.8) is 0 Å². The summed E-state index contributed by atoms with van der Waals surface area (Å²) in [6, 6.07) is 12.3. The fourth-order valence-electron chi connectivity index (χ4n) is 3.57. The molecule has 4 heterocycles. The lowest BCUT2D eigenvalue weighted by Crippen LogP contribution is -2.43. The average Bonchev–Trinajstić information content (AvgIpc) is 3.20. The van der Waals surface area contributed by atoms with Crippen LogP contribution in [-0.4, -0.2) is 35.3 Å². The highest BCUT2D eigenvalue weighted by Gasteiger charge is 2.35. The van der Waals surface area contributed by atoms with E-state index in [-0.39, 0.29) is 0 Å². The average molecular weight is 323 g/mol. The molecule has 1 aromatic carbocycles. The van der Waals surface area contributed by atoms with Crippen LogP contribution in [0.25, 0.3) is 21.6 Å². The number of thiophene rings is 1. The Balaban J connectivity index is 1.63. The van der Waals surface area contributed by atoms with Crippen LogP contribution in [0.3, 0.4) is 0 Å². The van der Waals surface area contributed by atoms with Gasteiger partial charge in [0.15, 0.2) is 11.6 Å². The first-order valence-corrected chi connectivity index (χ1v) is 8.96. The molecular formula is C18H17N3OS. The number of benzene rings is 1. The van der Waals surface area contributed by atoms with Gasteiger partial charge in [-0.25, -0.2) is 9.97 Å². The zero-order valence-electron chi connectivity index (χ0n) is 12.7. The number of ether oxygens (including phenoxy) is 1. The second-order valence-corrected chi connectivity index (χ2v) is 7.15. The van der Waals surface area contributed by atoms with E-state index in [0.29, 0.717) is 12.2 Å². The number of morpholine rings is 1. The van der Waals surface area contributed by atoms with E-state index in [2.05, 4.69) is 28.5 Å². The number of anilines is 1. The summed E-state index contributed by atoms with van der Waals surface area (Å²) in [5, 5.41) is 2.10. The van der Waals surface area contributed by atoms with Gasteiger partial charge < -0.3 is 9.64 Å². The Morgan fingerprint density at radius 2 is 1.78 bits per heavy atom. The lowest BCUT2D eigenvalue weighted by Gasteiger charge is -2.33. The lowest BCUT2D eigenvalue weighted by atomic mass is 10.2. The van der Waals surface area contributed by atoms with Gasteiger partial charge in [0.1, 0.15) is 0 Å². The van der Waals surface area contributed by atoms with Crippen LogP contribution in [-0.2, 0) is 4.74 Å². The summed E-state index contributed by atoms with van der Waals surface area (Å²) >= 11 is 1.73. The van der Waals surface area contributed by atoms with Crippen LogP contribution >= 0.6 is 11.3 Å². The summed E-state index contributed by atoms with van der Waals surface area (Å²) in [6.07, 6.45) is 3.06. The first-order chi connectivity index (χ1) is 11.4. The van der Waals surface area contributed by atoms with Crippen molar-refractivity contribution in [2.24, 2.45) is 0 Å². The molecule has 2 aliphatic heterocycles. The molecule has 2 fully saturated rings. The van der Waals surface area contributed by atoms with E-state index in [0.717, 1.165) is 35.8 Å². The predicted molar refractivity (Wildman–Crippen MR) is 93.0 cm³/mol. The van der Waals surface area contributed by atoms with E-state index >= 15 is 0 Å². The van der Waals surface area contributed by atoms with Gasteiger partial charge in [-0.1, -0.05) is 30.3 Å². The van der Waals surface area contributed by atoms with Gasteiger partial charge in [0.25, 0.3) is 0 Å². The maximum Gasteiger partial charge on any atom is 0.162 e. The monoisotopic (exact) mass is 323 g/mol. The van der Waals surface area contributed by atoms with Gasteiger partial charge in [0, 0.05) is 18.7 Å². The molecule has 0 N–H and O–H groups in total. The molecule has 0 spiro atoms. The molecule has 0 amide bonds. The summed E-state index contributed by atoms with van der Waals surface area (Å²) in [5.74, 6) is 1.88. The standard InChI is InChI=1S/C18H17N3OS/c1-2-4-12(5-3-1)17-19-15-8-9-23-16(15)18(20-17)21-10-13-6-7-14(11-21)22-13/h1-5,8-9,13-14H,6-7,10-11H2. The quantitative estimate of drug-likeness (QED) is 0.720. The fraction of sp³-hybridized carbons (Fsp3) is 0.333. The Morgan fingerprint density at radius 3 is 2.57 bits per heavy atom. The SMILES string of the molecule is c1ccc(-c2nc(N3CC4CCC(C3)O4)c3sccc3n2)cc1. The Hall–Kier alpha value is -1.98. The van der Waals surface area contributed by atoms with Crippen LogP contribution in [0, 0.1) is 0 Å². The maximum atomic E-state index is 5.98. The van der Waals surface area contributed by atoms with Gasteiger partial charge in [-0.3, -0.25) is 0 Å². The molecule has 2 bridgehead atoms. The van der Waals surface area contributed by atoms with Crippen LogP contribution in [0.15, 0.2) is 41.8 Å². The summed E-state index contributed by atoms with van der Waals surface area (Å²) in [5.41, 5.74) is 2.11. The minimum Gasteiger partial charge on any atom is -0.371 e. The molecule has 116 valence electrons. The molecule has 3 aromatic rings. The van der Waals surface area contributed by atoms with E-state index in [9.17, 15) is 0 Å². The predicted octanol–water partition coefficient (Wildman–Crippen LogP) is 3.73. The van der Waals surface area contributed by atoms with Crippen LogP contribution < -0.4 is 4.90 Å². The molecule has 2 saturated heterocycles. The van der Waals surface area contributed by atoms with E-state index in [1.54, 1.807) is 11.3 Å². The molecular weight excluding hydrogens is 306 g/mol. The van der Waals surface area contributed by atoms with Gasteiger partial charge in [0.2, 0.25) is 0 Å². The maximum absolute atomic E-state index is 5.98. The first-order valence-electron chi connectivity index (χ1n) is 8.08. The highest BCUT2D eigenvalue weighted by molar-refractivity contribution is 7.17. The number of hydrogen-bond acceptors (Lipinski definition) is 5. The fourth-order valence-corrected chi connectivity index (χ4v) is 4.41. The normalized spacial score (nSPS) is 23.6. The summed E-state index contributed by atoms with van der Waals surface area (Å²) in [4.78, 5) is 12.1. The Bertz CT molecular complexity index is 836. The van der Waals surface area contributed by atoms with Crippen molar-refractivity contribution in [2.75, 3.05) is 18.0 Å². The summed E-state index contributed by atoms with van der Waals surface area (Å²) < 4.78 is 7.16. The van der Waals surface area contributed by atoms with Gasteiger partial charge in [-0.15, -0.1) is 11.3 Å². The topological polar surface area (TPSA) is 38.2 Å². The number of hydrogen-bond donors (Lipinski definition) is 0. The molecule has 2 aliphatic rings. The lowest BCUT2D eigenvalue weighted by molar-refractivity contribution is 0.0303. The number of nitrogens with zero attached hydrogens (tertiary/aromatic N) is 3. The van der Waals surface area contributed by atoms with Crippen molar-refractivity contribution in [1.29, 1.82) is 0 Å². The highest BCUT2D eigenvalue weighted by atomic mass is 32.1. The molecule has 5 rings (SSSR count). The molecule has 2 aromatic heterocycles. The van der Waals surface area contributed by atoms with Crippen molar-refractivity contribution >= 4 is 27.4 Å². The van der Waals surface area contributed by atoms with Crippen molar-refractivity contribution < 1.29 is 4.74 Å². The molecule has 2 atom stereocenters. The largest absolute Gasteiger partial charge is 0.371 e. The third-order valence-corrected chi connectivity index (χ3v) is 5.56. The minimum absolute atomic E-state index is 0.360. The van der Waals surface area contributed by atoms with Crippen LogP contribution in [0.1, 0.15) is 12.8 Å². The molecule has 23 heavy (non-hydrogen) atoms. The Kier molecular flexibility index (Phi) is 3.09. The van der Waals surface area contributed by atoms with Crippen molar-refractivity contribution in [3.05, 3.63) is 41.8 Å². The van der Waals surface area contributed by atoms with E-state index in [4.69, 9.17) is 14.7 Å². The number of aromatic nitrogens is 2. The van der Waals surface area contributed by atoms with Crippen LogP contribution in [0.5, 0.6) is 0 Å². The third kappa shape index (κ3) is 2.31. The van der Waals surface area contributed by atoms with Crippen molar-refractivity contribution in [3.8, 4) is 11.4 Å². The van der Waals surface area contributed by atoms with Gasteiger partial charge in [-0.05, 0) is 24.3 Å². The molecule has 2 unspecified atom stereocenters. The van der Waals surface area contributed by atoms with E-state index < -0.39 is 0 Å². The Morgan fingerprint density at radius 1 is 1.00 bits per heavy atom. The smallest absolute Gasteiger partial charge is 0.162 e. The van der Waals surface area contributed by atoms with E-state index in [1.165, 1.54) is 17.5 Å². The van der Waals surface area contributed by atoms with Crippen molar-refractivity contribution in [1.82, 2.24) is 9.97 Å². The molecule has 4 nitrogen and oxygen atoms in total. The third-order valence-electron chi connectivity index (χ3n) is 4.66. The molecule has 5 heteroatoms. The second kappa shape index (κ2) is 5.28.